The number of rotatable bonds is 6. The molecule has 8 heteroatoms. The van der Waals surface area contributed by atoms with Gasteiger partial charge in [-0.25, -0.2) is 8.42 Å². The van der Waals surface area contributed by atoms with Crippen molar-refractivity contribution in [3.8, 4) is 5.75 Å². The maximum atomic E-state index is 12.8. The van der Waals surface area contributed by atoms with Crippen LogP contribution in [0.2, 0.25) is 0 Å². The Hall–Kier alpha value is -3.26. The van der Waals surface area contributed by atoms with Gasteiger partial charge in [-0.05, 0) is 59.7 Å². The smallest absolute Gasteiger partial charge is 0.341 e. The first kappa shape index (κ1) is 21.0. The average Bonchev–Trinajstić information content (AvgIpc) is 3.25. The van der Waals surface area contributed by atoms with Crippen molar-refractivity contribution >= 4 is 21.2 Å². The molecule has 0 amide bonds. The predicted octanol–water partition coefficient (Wildman–Crippen LogP) is 5.05. The van der Waals surface area contributed by atoms with Gasteiger partial charge in [-0.3, -0.25) is 5.01 Å². The molecule has 3 aromatic carbocycles. The van der Waals surface area contributed by atoms with Gasteiger partial charge < -0.3 is 4.74 Å². The Morgan fingerprint density at radius 1 is 0.968 bits per heavy atom. The van der Waals surface area contributed by atoms with E-state index in [1.807, 2.05) is 54.6 Å². The van der Waals surface area contributed by atoms with Crippen LogP contribution < -0.4 is 9.75 Å². The molecule has 5 nitrogen and oxygen atoms in total. The minimum absolute atomic E-state index is 0.115. The Kier molecular flexibility index (Phi) is 5.73. The number of ether oxygens (including phenoxy) is 1. The molecular weight excluding hydrogens is 422 g/mol. The highest BCUT2D eigenvalue weighted by molar-refractivity contribution is 7.91. The molecular formula is C23H20F2N2O3S. The van der Waals surface area contributed by atoms with Crippen LogP contribution in [0.1, 0.15) is 23.6 Å². The fourth-order valence-electron chi connectivity index (χ4n) is 3.53. The minimum Gasteiger partial charge on any atom is -0.497 e. The van der Waals surface area contributed by atoms with Gasteiger partial charge in [-0.15, -0.1) is 0 Å². The zero-order valence-corrected chi connectivity index (χ0v) is 17.5. The number of hydrazone groups is 1. The second kappa shape index (κ2) is 8.47. The van der Waals surface area contributed by atoms with Crippen molar-refractivity contribution in [3.63, 3.8) is 0 Å². The minimum atomic E-state index is -4.64. The third-order valence-electron chi connectivity index (χ3n) is 5.18. The molecule has 0 fully saturated rings. The molecule has 1 heterocycles. The highest BCUT2D eigenvalue weighted by atomic mass is 32.2. The summed E-state index contributed by atoms with van der Waals surface area (Å²) in [6.45, 7) is 0. The number of anilines is 1. The van der Waals surface area contributed by atoms with Gasteiger partial charge in [0.15, 0.2) is 0 Å². The van der Waals surface area contributed by atoms with Crippen LogP contribution in [-0.4, -0.2) is 27.0 Å². The fourth-order valence-corrected chi connectivity index (χ4v) is 4.25. The SMILES string of the molecule is COc1ccc(C2=NN(c3ccc(S(=O)(=O)C(F)F)cc3)C(c3ccccc3)C2)cc1. The van der Waals surface area contributed by atoms with Crippen LogP contribution in [0.3, 0.4) is 0 Å². The van der Waals surface area contributed by atoms with Crippen molar-refractivity contribution in [1.82, 2.24) is 0 Å². The predicted molar refractivity (Wildman–Crippen MR) is 115 cm³/mol. The van der Waals surface area contributed by atoms with Crippen LogP contribution >= 0.6 is 0 Å². The summed E-state index contributed by atoms with van der Waals surface area (Å²) in [6, 6.07) is 22.7. The quantitative estimate of drug-likeness (QED) is 0.536. The van der Waals surface area contributed by atoms with E-state index in [0.717, 1.165) is 22.6 Å². The van der Waals surface area contributed by atoms with Crippen molar-refractivity contribution < 1.29 is 21.9 Å². The van der Waals surface area contributed by atoms with Gasteiger partial charge in [0.25, 0.3) is 0 Å². The summed E-state index contributed by atoms with van der Waals surface area (Å²) in [7, 11) is -3.04. The molecule has 1 atom stereocenters. The van der Waals surface area contributed by atoms with Gasteiger partial charge in [-0.1, -0.05) is 30.3 Å². The summed E-state index contributed by atoms with van der Waals surface area (Å²) in [4.78, 5) is -0.416. The lowest BCUT2D eigenvalue weighted by atomic mass is 9.98. The molecule has 0 bridgehead atoms. The number of nitrogens with zero attached hydrogens (tertiary/aromatic N) is 2. The van der Waals surface area contributed by atoms with Crippen LogP contribution in [0.25, 0.3) is 0 Å². The summed E-state index contributed by atoms with van der Waals surface area (Å²) < 4.78 is 54.4. The Labute approximate surface area is 179 Å². The third-order valence-corrected chi connectivity index (χ3v) is 6.58. The van der Waals surface area contributed by atoms with Crippen molar-refractivity contribution in [2.75, 3.05) is 12.1 Å². The summed E-state index contributed by atoms with van der Waals surface area (Å²) in [5.74, 6) is -2.71. The first-order valence-electron chi connectivity index (χ1n) is 9.58. The molecule has 0 saturated heterocycles. The molecule has 0 aliphatic carbocycles. The van der Waals surface area contributed by atoms with E-state index >= 15 is 0 Å². The first-order chi connectivity index (χ1) is 14.9. The summed E-state index contributed by atoms with van der Waals surface area (Å²) in [5, 5.41) is 6.58. The molecule has 1 aliphatic heterocycles. The lowest BCUT2D eigenvalue weighted by Gasteiger charge is -2.24. The van der Waals surface area contributed by atoms with Crippen molar-refractivity contribution in [2.45, 2.75) is 23.1 Å². The fraction of sp³-hybridized carbons (Fsp3) is 0.174. The molecule has 3 aromatic rings. The van der Waals surface area contributed by atoms with Gasteiger partial charge in [0.2, 0.25) is 9.84 Å². The Morgan fingerprint density at radius 2 is 1.61 bits per heavy atom. The van der Waals surface area contributed by atoms with Crippen molar-refractivity contribution in [2.24, 2.45) is 5.10 Å². The van der Waals surface area contributed by atoms with Gasteiger partial charge in [0, 0.05) is 6.42 Å². The second-order valence-corrected chi connectivity index (χ2v) is 8.97. The standard InChI is InChI=1S/C23H20F2N2O3S/c1-30-19-11-7-16(8-12-19)21-15-22(17-5-3-2-4-6-17)27(26-21)18-9-13-20(14-10-18)31(28,29)23(24)25/h2-14,22-23H,15H2,1H3. The molecule has 0 aromatic heterocycles. The number of hydrogen-bond acceptors (Lipinski definition) is 5. The molecule has 0 N–H and O–H groups in total. The Morgan fingerprint density at radius 3 is 2.19 bits per heavy atom. The first-order valence-corrected chi connectivity index (χ1v) is 11.1. The van der Waals surface area contributed by atoms with E-state index in [2.05, 4.69) is 0 Å². The third kappa shape index (κ3) is 4.16. The molecule has 31 heavy (non-hydrogen) atoms. The second-order valence-electron chi connectivity index (χ2n) is 7.05. The van der Waals surface area contributed by atoms with Crippen LogP contribution in [0, 0.1) is 0 Å². The van der Waals surface area contributed by atoms with E-state index in [4.69, 9.17) is 9.84 Å². The van der Waals surface area contributed by atoms with Crippen LogP contribution in [0.4, 0.5) is 14.5 Å². The van der Waals surface area contributed by atoms with Crippen LogP contribution in [0.15, 0.2) is 88.9 Å². The number of sulfone groups is 1. The van der Waals surface area contributed by atoms with E-state index < -0.39 is 20.5 Å². The molecule has 160 valence electrons. The molecule has 0 saturated carbocycles. The number of hydrogen-bond donors (Lipinski definition) is 0. The van der Waals surface area contributed by atoms with E-state index in [-0.39, 0.29) is 6.04 Å². The van der Waals surface area contributed by atoms with E-state index in [1.54, 1.807) is 12.1 Å². The van der Waals surface area contributed by atoms with Gasteiger partial charge in [0.05, 0.1) is 29.4 Å². The maximum Gasteiger partial charge on any atom is 0.341 e. The molecule has 0 spiro atoms. The summed E-state index contributed by atoms with van der Waals surface area (Å²) >= 11 is 0. The van der Waals surface area contributed by atoms with Crippen LogP contribution in [0.5, 0.6) is 5.75 Å². The van der Waals surface area contributed by atoms with E-state index in [9.17, 15) is 17.2 Å². The number of benzene rings is 3. The van der Waals surface area contributed by atoms with Gasteiger partial charge in [0.1, 0.15) is 5.75 Å². The number of halogens is 2. The van der Waals surface area contributed by atoms with Gasteiger partial charge >= 0.3 is 5.76 Å². The van der Waals surface area contributed by atoms with E-state index in [0.29, 0.717) is 12.1 Å². The average molecular weight is 442 g/mol. The lowest BCUT2D eigenvalue weighted by Crippen LogP contribution is -2.18. The zero-order valence-electron chi connectivity index (χ0n) is 16.7. The zero-order chi connectivity index (χ0) is 22.0. The largest absolute Gasteiger partial charge is 0.497 e. The Bertz CT molecular complexity index is 1180. The van der Waals surface area contributed by atoms with Crippen molar-refractivity contribution in [1.29, 1.82) is 0 Å². The molecule has 4 rings (SSSR count). The molecule has 0 radical (unpaired) electrons. The lowest BCUT2D eigenvalue weighted by molar-refractivity contribution is 0.234. The maximum absolute atomic E-state index is 12.8. The van der Waals surface area contributed by atoms with Crippen LogP contribution in [-0.2, 0) is 9.84 Å². The van der Waals surface area contributed by atoms with E-state index in [1.165, 1.54) is 24.3 Å². The number of alkyl halides is 2. The molecule has 1 aliphatic rings. The van der Waals surface area contributed by atoms with Gasteiger partial charge in [-0.2, -0.15) is 13.9 Å². The normalized spacial score (nSPS) is 16.5. The number of methoxy groups -OCH3 is 1. The monoisotopic (exact) mass is 442 g/mol. The topological polar surface area (TPSA) is 59.0 Å². The Balaban J connectivity index is 1.71. The molecule has 1 unspecified atom stereocenters. The highest BCUT2D eigenvalue weighted by Gasteiger charge is 2.31. The summed E-state index contributed by atoms with van der Waals surface area (Å²) in [5.41, 5.74) is 3.46. The highest BCUT2D eigenvalue weighted by Crippen LogP contribution is 2.37. The van der Waals surface area contributed by atoms with Crippen molar-refractivity contribution in [3.05, 3.63) is 90.0 Å². The summed E-state index contributed by atoms with van der Waals surface area (Å²) in [6.07, 6.45) is 0.632.